The number of H-pyrrole nitrogens is 1. The molecule has 0 spiro atoms. The molecule has 1 heterocycles. The fourth-order valence-electron chi connectivity index (χ4n) is 1.52. The van der Waals surface area contributed by atoms with E-state index >= 15 is 0 Å². The Hall–Kier alpha value is -1.62. The number of halogens is 1. The number of carbonyl (C=O) groups is 1. The molecule has 0 bridgehead atoms. The van der Waals surface area contributed by atoms with Crippen molar-refractivity contribution in [1.82, 2.24) is 10.2 Å². The molecular formula is C11H9BrN2O2. The van der Waals surface area contributed by atoms with Gasteiger partial charge in [0.1, 0.15) is 5.56 Å². The minimum absolute atomic E-state index is 0.182. The number of aromatic amines is 1. The van der Waals surface area contributed by atoms with Crippen LogP contribution in [0.4, 0.5) is 0 Å². The van der Waals surface area contributed by atoms with Crippen molar-refractivity contribution in [1.29, 1.82) is 0 Å². The molecule has 0 aliphatic heterocycles. The highest BCUT2D eigenvalue weighted by Gasteiger charge is 2.15. The van der Waals surface area contributed by atoms with E-state index in [1.807, 2.05) is 25.1 Å². The van der Waals surface area contributed by atoms with Gasteiger partial charge in [0.25, 0.3) is 0 Å². The molecule has 82 valence electrons. The molecule has 0 saturated carbocycles. The van der Waals surface area contributed by atoms with Crippen molar-refractivity contribution in [3.63, 3.8) is 0 Å². The van der Waals surface area contributed by atoms with Gasteiger partial charge in [0.2, 0.25) is 0 Å². The number of benzene rings is 1. The summed E-state index contributed by atoms with van der Waals surface area (Å²) < 4.78 is 0.902. The molecule has 2 rings (SSSR count). The number of carboxylic acids is 1. The van der Waals surface area contributed by atoms with Gasteiger partial charge in [-0.15, -0.1) is 0 Å². The smallest absolute Gasteiger partial charge is 0.339 e. The highest BCUT2D eigenvalue weighted by Crippen LogP contribution is 2.27. The number of aromatic carboxylic acids is 1. The van der Waals surface area contributed by atoms with Gasteiger partial charge in [-0.1, -0.05) is 22.0 Å². The van der Waals surface area contributed by atoms with Crippen molar-refractivity contribution in [2.24, 2.45) is 0 Å². The second kappa shape index (κ2) is 4.09. The van der Waals surface area contributed by atoms with Crippen molar-refractivity contribution in [3.8, 4) is 11.3 Å². The van der Waals surface area contributed by atoms with Crippen LogP contribution in [0.1, 0.15) is 15.9 Å². The first kappa shape index (κ1) is 10.9. The lowest BCUT2D eigenvalue weighted by Crippen LogP contribution is -1.97. The van der Waals surface area contributed by atoms with Gasteiger partial charge in [0.05, 0.1) is 11.9 Å². The topological polar surface area (TPSA) is 66.0 Å². The average molecular weight is 281 g/mol. The lowest BCUT2D eigenvalue weighted by molar-refractivity contribution is 0.0698. The molecule has 0 amide bonds. The van der Waals surface area contributed by atoms with Crippen LogP contribution in [0.15, 0.2) is 28.9 Å². The van der Waals surface area contributed by atoms with Crippen molar-refractivity contribution in [2.75, 3.05) is 0 Å². The van der Waals surface area contributed by atoms with Gasteiger partial charge < -0.3 is 5.11 Å². The van der Waals surface area contributed by atoms with Gasteiger partial charge in [-0.2, -0.15) is 5.10 Å². The number of nitrogens with one attached hydrogen (secondary N) is 1. The van der Waals surface area contributed by atoms with E-state index in [0.717, 1.165) is 15.6 Å². The average Bonchev–Trinajstić information content (AvgIpc) is 2.70. The van der Waals surface area contributed by atoms with Crippen LogP contribution in [0.25, 0.3) is 11.3 Å². The number of hydrogen-bond acceptors (Lipinski definition) is 2. The zero-order valence-electron chi connectivity index (χ0n) is 8.49. The van der Waals surface area contributed by atoms with E-state index in [1.165, 1.54) is 6.20 Å². The number of nitrogens with zero attached hydrogens (tertiary/aromatic N) is 1. The van der Waals surface area contributed by atoms with Crippen LogP contribution in [0.5, 0.6) is 0 Å². The first-order valence-corrected chi connectivity index (χ1v) is 5.42. The van der Waals surface area contributed by atoms with Crippen molar-refractivity contribution in [2.45, 2.75) is 6.92 Å². The molecule has 16 heavy (non-hydrogen) atoms. The first-order chi connectivity index (χ1) is 7.59. The van der Waals surface area contributed by atoms with Crippen LogP contribution in [0.2, 0.25) is 0 Å². The molecule has 0 fully saturated rings. The monoisotopic (exact) mass is 280 g/mol. The summed E-state index contributed by atoms with van der Waals surface area (Å²) in [6.07, 6.45) is 1.32. The van der Waals surface area contributed by atoms with Gasteiger partial charge in [-0.05, 0) is 24.6 Å². The Kier molecular flexibility index (Phi) is 2.78. The van der Waals surface area contributed by atoms with Crippen LogP contribution in [0.3, 0.4) is 0 Å². The molecule has 0 saturated heterocycles. The van der Waals surface area contributed by atoms with Crippen LogP contribution in [-0.2, 0) is 0 Å². The fraction of sp³-hybridized carbons (Fsp3) is 0.0909. The summed E-state index contributed by atoms with van der Waals surface area (Å²) in [5.74, 6) is -0.983. The highest BCUT2D eigenvalue weighted by molar-refractivity contribution is 9.10. The summed E-state index contributed by atoms with van der Waals surface area (Å²) in [5.41, 5.74) is 2.55. The van der Waals surface area contributed by atoms with E-state index < -0.39 is 5.97 Å². The number of aromatic nitrogens is 2. The molecular weight excluding hydrogens is 272 g/mol. The Morgan fingerprint density at radius 1 is 1.50 bits per heavy atom. The predicted molar refractivity (Wildman–Crippen MR) is 63.4 cm³/mol. The lowest BCUT2D eigenvalue weighted by Gasteiger charge is -2.05. The van der Waals surface area contributed by atoms with Gasteiger partial charge in [-0.25, -0.2) is 4.79 Å². The largest absolute Gasteiger partial charge is 0.478 e. The second-order valence-electron chi connectivity index (χ2n) is 3.42. The Balaban J connectivity index is 2.62. The maximum absolute atomic E-state index is 11.0. The molecule has 0 unspecified atom stereocenters. The Labute approximate surface area is 100 Å². The molecule has 1 aromatic carbocycles. The molecule has 2 aromatic rings. The van der Waals surface area contributed by atoms with Crippen molar-refractivity contribution >= 4 is 21.9 Å². The molecule has 0 radical (unpaired) electrons. The summed E-state index contributed by atoms with van der Waals surface area (Å²) in [7, 11) is 0. The third-order valence-corrected chi connectivity index (χ3v) is 2.83. The predicted octanol–water partition coefficient (Wildman–Crippen LogP) is 2.85. The van der Waals surface area contributed by atoms with Crippen molar-refractivity contribution in [3.05, 3.63) is 40.0 Å². The standard InChI is InChI=1S/C11H9BrN2O2/c1-6-2-3-7(12)4-8(6)10-9(11(15)16)5-13-14-10/h2-5H,1H3,(H,13,14)(H,15,16). The normalized spacial score (nSPS) is 10.4. The zero-order valence-corrected chi connectivity index (χ0v) is 10.1. The summed E-state index contributed by atoms with van der Waals surface area (Å²) in [6, 6.07) is 5.71. The van der Waals surface area contributed by atoms with E-state index in [2.05, 4.69) is 26.1 Å². The van der Waals surface area contributed by atoms with Crippen LogP contribution in [0, 0.1) is 6.92 Å². The molecule has 5 heteroatoms. The van der Waals surface area contributed by atoms with E-state index in [1.54, 1.807) is 0 Å². The molecule has 0 aliphatic rings. The summed E-state index contributed by atoms with van der Waals surface area (Å²) >= 11 is 3.36. The summed E-state index contributed by atoms with van der Waals surface area (Å²) in [6.45, 7) is 1.92. The van der Waals surface area contributed by atoms with E-state index in [0.29, 0.717) is 5.69 Å². The Morgan fingerprint density at radius 2 is 2.25 bits per heavy atom. The van der Waals surface area contributed by atoms with Crippen LogP contribution < -0.4 is 0 Å². The van der Waals surface area contributed by atoms with Gasteiger partial charge in [-0.3, -0.25) is 5.10 Å². The first-order valence-electron chi connectivity index (χ1n) is 4.63. The minimum Gasteiger partial charge on any atom is -0.478 e. The molecule has 1 aromatic heterocycles. The Morgan fingerprint density at radius 3 is 2.94 bits per heavy atom. The lowest BCUT2D eigenvalue weighted by atomic mass is 10.0. The molecule has 4 nitrogen and oxygen atoms in total. The second-order valence-corrected chi connectivity index (χ2v) is 4.34. The molecule has 0 aliphatic carbocycles. The van der Waals surface area contributed by atoms with E-state index in [4.69, 9.17) is 5.11 Å². The number of rotatable bonds is 2. The van der Waals surface area contributed by atoms with Crippen LogP contribution >= 0.6 is 15.9 Å². The highest BCUT2D eigenvalue weighted by atomic mass is 79.9. The zero-order chi connectivity index (χ0) is 11.7. The molecule has 2 N–H and O–H groups in total. The summed E-state index contributed by atoms with van der Waals surface area (Å²) in [5, 5.41) is 15.5. The molecule has 0 atom stereocenters. The maximum Gasteiger partial charge on any atom is 0.339 e. The van der Waals surface area contributed by atoms with E-state index in [-0.39, 0.29) is 5.56 Å². The van der Waals surface area contributed by atoms with Gasteiger partial charge >= 0.3 is 5.97 Å². The van der Waals surface area contributed by atoms with Crippen LogP contribution in [-0.4, -0.2) is 21.3 Å². The summed E-state index contributed by atoms with van der Waals surface area (Å²) in [4.78, 5) is 11.0. The Bertz CT molecular complexity index is 549. The minimum atomic E-state index is -0.983. The SMILES string of the molecule is Cc1ccc(Br)cc1-c1[nH]ncc1C(=O)O. The maximum atomic E-state index is 11.0. The number of carboxylic acid groups (broad SMARTS) is 1. The van der Waals surface area contributed by atoms with Crippen molar-refractivity contribution < 1.29 is 9.90 Å². The number of hydrogen-bond donors (Lipinski definition) is 2. The number of aryl methyl sites for hydroxylation is 1. The van der Waals surface area contributed by atoms with Gasteiger partial charge in [0.15, 0.2) is 0 Å². The third kappa shape index (κ3) is 1.86. The van der Waals surface area contributed by atoms with Gasteiger partial charge in [0, 0.05) is 10.0 Å². The third-order valence-electron chi connectivity index (χ3n) is 2.34. The quantitative estimate of drug-likeness (QED) is 0.889. The fourth-order valence-corrected chi connectivity index (χ4v) is 1.88. The van der Waals surface area contributed by atoms with E-state index in [9.17, 15) is 4.79 Å².